The minimum absolute atomic E-state index is 0.317. The van der Waals surface area contributed by atoms with E-state index in [9.17, 15) is 5.11 Å². The summed E-state index contributed by atoms with van der Waals surface area (Å²) in [5.41, 5.74) is 1.23. The van der Waals surface area contributed by atoms with E-state index in [0.717, 1.165) is 25.9 Å². The first-order valence-corrected chi connectivity index (χ1v) is 6.59. The number of benzene rings is 1. The molecular weight excluding hydrogens is 240 g/mol. The van der Waals surface area contributed by atoms with Crippen molar-refractivity contribution in [2.24, 2.45) is 0 Å². The van der Waals surface area contributed by atoms with Crippen molar-refractivity contribution in [3.8, 4) is 5.75 Å². The Morgan fingerprint density at radius 1 is 1.32 bits per heavy atom. The Morgan fingerprint density at radius 2 is 2.11 bits per heavy atom. The van der Waals surface area contributed by atoms with Gasteiger partial charge in [-0.1, -0.05) is 17.3 Å². The molecule has 2 rings (SSSR count). The molecule has 0 amide bonds. The average Bonchev–Trinajstić information content (AvgIpc) is 2.91. The van der Waals surface area contributed by atoms with E-state index in [-0.39, 0.29) is 0 Å². The molecule has 5 heteroatoms. The second kappa shape index (κ2) is 6.89. The largest absolute Gasteiger partial charge is 0.508 e. The molecule has 0 aliphatic rings. The van der Waals surface area contributed by atoms with Gasteiger partial charge in [-0.2, -0.15) is 0 Å². The monoisotopic (exact) mass is 260 g/mol. The van der Waals surface area contributed by atoms with E-state index in [1.54, 1.807) is 18.3 Å². The highest BCUT2D eigenvalue weighted by atomic mass is 16.3. The van der Waals surface area contributed by atoms with E-state index < -0.39 is 0 Å². The van der Waals surface area contributed by atoms with Crippen LogP contribution in [0.3, 0.4) is 0 Å². The number of phenols is 1. The van der Waals surface area contributed by atoms with Crippen molar-refractivity contribution in [2.75, 3.05) is 6.54 Å². The van der Waals surface area contributed by atoms with Crippen LogP contribution >= 0.6 is 0 Å². The van der Waals surface area contributed by atoms with Crippen LogP contribution < -0.4 is 5.32 Å². The molecule has 5 nitrogen and oxygen atoms in total. The molecule has 0 saturated carbocycles. The van der Waals surface area contributed by atoms with Crippen LogP contribution in [0.4, 0.5) is 0 Å². The van der Waals surface area contributed by atoms with Crippen molar-refractivity contribution in [3.63, 3.8) is 0 Å². The van der Waals surface area contributed by atoms with E-state index in [0.29, 0.717) is 11.8 Å². The molecule has 0 saturated heterocycles. The maximum atomic E-state index is 9.23. The number of nitrogens with zero attached hydrogens (tertiary/aromatic N) is 3. The summed E-state index contributed by atoms with van der Waals surface area (Å²) in [5.74, 6) is 0.317. The third kappa shape index (κ3) is 4.71. The first-order chi connectivity index (χ1) is 9.24. The molecule has 0 radical (unpaired) electrons. The molecule has 2 N–H and O–H groups in total. The van der Waals surface area contributed by atoms with Crippen LogP contribution in [0.5, 0.6) is 5.75 Å². The van der Waals surface area contributed by atoms with Gasteiger partial charge in [-0.15, -0.1) is 5.10 Å². The van der Waals surface area contributed by atoms with Gasteiger partial charge in [0.15, 0.2) is 0 Å². The van der Waals surface area contributed by atoms with Crippen molar-refractivity contribution in [3.05, 3.63) is 42.2 Å². The summed E-state index contributed by atoms with van der Waals surface area (Å²) in [4.78, 5) is 0. The SMILES string of the molecule is CC(Cc1ccc(O)cc1)NCCCn1ccnn1. The normalized spacial score (nSPS) is 12.5. The van der Waals surface area contributed by atoms with Crippen molar-refractivity contribution in [2.45, 2.75) is 32.4 Å². The molecule has 1 heterocycles. The zero-order valence-electron chi connectivity index (χ0n) is 11.2. The maximum absolute atomic E-state index is 9.23. The number of nitrogens with one attached hydrogen (secondary N) is 1. The zero-order chi connectivity index (χ0) is 13.5. The molecule has 19 heavy (non-hydrogen) atoms. The highest BCUT2D eigenvalue weighted by Crippen LogP contribution is 2.11. The van der Waals surface area contributed by atoms with Crippen LogP contribution in [0.25, 0.3) is 0 Å². The topological polar surface area (TPSA) is 63.0 Å². The molecule has 0 spiro atoms. The summed E-state index contributed by atoms with van der Waals surface area (Å²) >= 11 is 0. The van der Waals surface area contributed by atoms with Gasteiger partial charge in [-0.3, -0.25) is 4.68 Å². The lowest BCUT2D eigenvalue weighted by Gasteiger charge is -2.13. The first kappa shape index (κ1) is 13.5. The second-order valence-corrected chi connectivity index (χ2v) is 4.75. The zero-order valence-corrected chi connectivity index (χ0v) is 11.2. The lowest BCUT2D eigenvalue weighted by Crippen LogP contribution is -2.29. The smallest absolute Gasteiger partial charge is 0.115 e. The van der Waals surface area contributed by atoms with Gasteiger partial charge >= 0.3 is 0 Å². The standard InChI is InChI=1S/C14H20N4O/c1-12(11-13-3-5-14(19)6-4-13)15-7-2-9-18-10-8-16-17-18/h3-6,8,10,12,15,19H,2,7,9,11H2,1H3. The third-order valence-electron chi connectivity index (χ3n) is 3.01. The summed E-state index contributed by atoms with van der Waals surface area (Å²) in [6.45, 7) is 4.01. The van der Waals surface area contributed by atoms with Gasteiger partial charge in [-0.25, -0.2) is 0 Å². The van der Waals surface area contributed by atoms with Crippen LogP contribution in [0.1, 0.15) is 18.9 Å². The fourth-order valence-electron chi connectivity index (χ4n) is 2.00. The fourth-order valence-corrected chi connectivity index (χ4v) is 2.00. The summed E-state index contributed by atoms with van der Waals surface area (Å²) in [6.07, 6.45) is 5.56. The molecule has 1 aromatic heterocycles. The summed E-state index contributed by atoms with van der Waals surface area (Å²) in [7, 11) is 0. The van der Waals surface area contributed by atoms with Gasteiger partial charge < -0.3 is 10.4 Å². The number of aromatic hydroxyl groups is 1. The number of aryl methyl sites for hydroxylation is 1. The van der Waals surface area contributed by atoms with E-state index in [1.165, 1.54) is 5.56 Å². The van der Waals surface area contributed by atoms with Gasteiger partial charge in [0.25, 0.3) is 0 Å². The van der Waals surface area contributed by atoms with Crippen LogP contribution in [0, 0.1) is 0 Å². The van der Waals surface area contributed by atoms with E-state index in [1.807, 2.05) is 23.0 Å². The molecule has 1 atom stereocenters. The van der Waals surface area contributed by atoms with Crippen LogP contribution in [0.2, 0.25) is 0 Å². The van der Waals surface area contributed by atoms with Crippen LogP contribution in [-0.2, 0) is 13.0 Å². The molecule has 1 aromatic carbocycles. The second-order valence-electron chi connectivity index (χ2n) is 4.75. The van der Waals surface area contributed by atoms with Crippen molar-refractivity contribution >= 4 is 0 Å². The van der Waals surface area contributed by atoms with Crippen LogP contribution in [-0.4, -0.2) is 32.7 Å². The fraction of sp³-hybridized carbons (Fsp3) is 0.429. The Hall–Kier alpha value is -1.88. The van der Waals surface area contributed by atoms with Crippen molar-refractivity contribution < 1.29 is 5.11 Å². The van der Waals surface area contributed by atoms with Gasteiger partial charge in [0, 0.05) is 18.8 Å². The number of hydrogen-bond donors (Lipinski definition) is 2. The van der Waals surface area contributed by atoms with E-state index in [4.69, 9.17) is 0 Å². The molecule has 0 fully saturated rings. The van der Waals surface area contributed by atoms with E-state index >= 15 is 0 Å². The van der Waals surface area contributed by atoms with Gasteiger partial charge in [0.1, 0.15) is 5.75 Å². The predicted molar refractivity (Wildman–Crippen MR) is 73.9 cm³/mol. The van der Waals surface area contributed by atoms with Gasteiger partial charge in [-0.05, 0) is 44.0 Å². The Balaban J connectivity index is 1.64. The Labute approximate surface area is 113 Å². The Morgan fingerprint density at radius 3 is 2.79 bits per heavy atom. The predicted octanol–water partition coefficient (Wildman–Crippen LogP) is 1.59. The highest BCUT2D eigenvalue weighted by molar-refractivity contribution is 5.26. The molecule has 0 aliphatic carbocycles. The summed E-state index contributed by atoms with van der Waals surface area (Å²) in [5, 5.41) is 20.4. The number of rotatable bonds is 7. The minimum atomic E-state index is 0.317. The minimum Gasteiger partial charge on any atom is -0.508 e. The number of phenolic OH excluding ortho intramolecular Hbond substituents is 1. The van der Waals surface area contributed by atoms with Crippen LogP contribution in [0.15, 0.2) is 36.7 Å². The maximum Gasteiger partial charge on any atom is 0.115 e. The third-order valence-corrected chi connectivity index (χ3v) is 3.01. The Kier molecular flexibility index (Phi) is 4.92. The van der Waals surface area contributed by atoms with E-state index in [2.05, 4.69) is 22.6 Å². The first-order valence-electron chi connectivity index (χ1n) is 6.59. The molecule has 0 aliphatic heterocycles. The molecule has 2 aromatic rings. The quantitative estimate of drug-likeness (QED) is 0.742. The number of hydrogen-bond acceptors (Lipinski definition) is 4. The van der Waals surface area contributed by atoms with Crippen molar-refractivity contribution in [1.82, 2.24) is 20.3 Å². The molecule has 102 valence electrons. The molecular formula is C14H20N4O. The summed E-state index contributed by atoms with van der Waals surface area (Å²) < 4.78 is 1.84. The molecule has 1 unspecified atom stereocenters. The molecule has 0 bridgehead atoms. The summed E-state index contributed by atoms with van der Waals surface area (Å²) in [6, 6.07) is 7.80. The van der Waals surface area contributed by atoms with Gasteiger partial charge in [0.2, 0.25) is 0 Å². The van der Waals surface area contributed by atoms with Gasteiger partial charge in [0.05, 0.1) is 6.20 Å². The highest BCUT2D eigenvalue weighted by Gasteiger charge is 2.03. The average molecular weight is 260 g/mol. The lowest BCUT2D eigenvalue weighted by molar-refractivity contribution is 0.473. The lowest BCUT2D eigenvalue weighted by atomic mass is 10.1. The number of aromatic nitrogens is 3. The Bertz CT molecular complexity index is 467. The van der Waals surface area contributed by atoms with Crippen molar-refractivity contribution in [1.29, 1.82) is 0 Å².